The Morgan fingerprint density at radius 3 is 2.04 bits per heavy atom. The third-order valence-electron chi connectivity index (χ3n) is 9.97. The van der Waals surface area contributed by atoms with Gasteiger partial charge in [-0.05, 0) is 53.3 Å². The van der Waals surface area contributed by atoms with Crippen molar-refractivity contribution in [3.63, 3.8) is 0 Å². The van der Waals surface area contributed by atoms with E-state index in [1.165, 1.54) is 24.3 Å². The van der Waals surface area contributed by atoms with Crippen LogP contribution < -0.4 is 0 Å². The molecule has 5 N–H and O–H groups in total. The normalized spacial score (nSPS) is 33.6. The number of ether oxygens (including phenoxy) is 5. The number of benzene rings is 2. The van der Waals surface area contributed by atoms with Gasteiger partial charge in [-0.2, -0.15) is 0 Å². The van der Waals surface area contributed by atoms with Gasteiger partial charge >= 0.3 is 17.9 Å². The van der Waals surface area contributed by atoms with Gasteiger partial charge in [0.1, 0.15) is 54.7 Å². The molecule has 11 atom stereocenters. The minimum Gasteiger partial charge on any atom is -0.508 e. The van der Waals surface area contributed by atoms with Crippen LogP contribution >= 0.6 is 0 Å². The maximum atomic E-state index is 13.0. The number of carbonyl (C=O) groups excluding carboxylic acids is 3. The lowest BCUT2D eigenvalue weighted by atomic mass is 9.81. The number of aliphatic hydroxyl groups excluding tert-OH is 3. The summed E-state index contributed by atoms with van der Waals surface area (Å²) in [7, 11) is 0. The molecule has 2 saturated carbocycles. The van der Waals surface area contributed by atoms with E-state index < -0.39 is 85.4 Å². The number of phenols is 2. The fraction of sp³-hybridized carbons (Fsp3) is 0.432. The molecular weight excluding hydrogens is 652 g/mol. The molecule has 13 heteroatoms. The van der Waals surface area contributed by atoms with Gasteiger partial charge in [0.05, 0.1) is 24.9 Å². The summed E-state index contributed by atoms with van der Waals surface area (Å²) in [6.45, 7) is 12.0. The number of aliphatic hydroxyl groups is 3. The Morgan fingerprint density at radius 1 is 0.820 bits per heavy atom. The van der Waals surface area contributed by atoms with Crippen molar-refractivity contribution in [3.8, 4) is 11.5 Å². The van der Waals surface area contributed by atoms with Crippen molar-refractivity contribution in [2.75, 3.05) is 6.61 Å². The Labute approximate surface area is 288 Å². The van der Waals surface area contributed by atoms with Crippen molar-refractivity contribution in [1.29, 1.82) is 0 Å². The quantitative estimate of drug-likeness (QED) is 0.110. The summed E-state index contributed by atoms with van der Waals surface area (Å²) in [6, 6.07) is 12.2. The highest BCUT2D eigenvalue weighted by atomic mass is 16.7. The molecule has 0 radical (unpaired) electrons. The van der Waals surface area contributed by atoms with Gasteiger partial charge in [0.15, 0.2) is 6.29 Å². The van der Waals surface area contributed by atoms with E-state index in [1.807, 2.05) is 0 Å². The summed E-state index contributed by atoms with van der Waals surface area (Å²) in [4.78, 5) is 38.3. The Hall–Kier alpha value is -4.53. The van der Waals surface area contributed by atoms with Crippen LogP contribution in [-0.2, 0) is 50.9 Å². The van der Waals surface area contributed by atoms with Crippen molar-refractivity contribution >= 4 is 17.9 Å². The van der Waals surface area contributed by atoms with E-state index in [-0.39, 0.29) is 42.3 Å². The molecule has 2 aliphatic carbocycles. The highest BCUT2D eigenvalue weighted by Gasteiger charge is 2.58. The maximum Gasteiger partial charge on any atom is 0.334 e. The summed E-state index contributed by atoms with van der Waals surface area (Å²) >= 11 is 0. The maximum absolute atomic E-state index is 13.0. The predicted octanol–water partition coefficient (Wildman–Crippen LogP) is 1.78. The fourth-order valence-electron chi connectivity index (χ4n) is 7.32. The number of phenolic OH excluding ortho intramolecular Hbond substituents is 2. The molecule has 0 amide bonds. The molecule has 4 aliphatic rings. The van der Waals surface area contributed by atoms with Gasteiger partial charge in [0.2, 0.25) is 0 Å². The van der Waals surface area contributed by atoms with E-state index >= 15 is 0 Å². The molecule has 4 fully saturated rings. The van der Waals surface area contributed by atoms with Crippen molar-refractivity contribution in [2.24, 2.45) is 17.8 Å². The lowest BCUT2D eigenvalue weighted by Gasteiger charge is -2.41. The summed E-state index contributed by atoms with van der Waals surface area (Å²) < 4.78 is 29.0. The highest BCUT2D eigenvalue weighted by molar-refractivity contribution is 5.91. The first kappa shape index (κ1) is 35.3. The largest absolute Gasteiger partial charge is 0.508 e. The lowest BCUT2D eigenvalue weighted by molar-refractivity contribution is -0.308. The lowest BCUT2D eigenvalue weighted by Crippen LogP contribution is -2.60. The number of hydrogen-bond acceptors (Lipinski definition) is 13. The van der Waals surface area contributed by atoms with Crippen LogP contribution in [0.3, 0.4) is 0 Å². The standard InChI is InChI=1S/C37H40O13/c1-17-12-26(47-29(41)14-21-6-10-23(39)11-7-21)31-19(3)36(45)50-35(31)30-18(2)25(15-24(17)30)48-37-34(44)33(43)32(42)27(49-37)16-46-28(40)13-20-4-8-22(38)9-5-20/h4-11,24-27,30-35,37-39,42-44H,1-3,12-16H2/t24-,25-,26+,27+,30-,31+,32+,33-,34+,35+,37+/m0/s1. The number of hydrogen-bond donors (Lipinski definition) is 5. The van der Waals surface area contributed by atoms with Crippen LogP contribution in [-0.4, -0.2) is 99.1 Å². The average molecular weight is 693 g/mol. The second-order valence-corrected chi connectivity index (χ2v) is 13.3. The fourth-order valence-corrected chi connectivity index (χ4v) is 7.32. The molecule has 50 heavy (non-hydrogen) atoms. The van der Waals surface area contributed by atoms with Crippen molar-refractivity contribution in [2.45, 2.75) is 74.7 Å². The van der Waals surface area contributed by atoms with E-state index in [0.29, 0.717) is 28.7 Å². The number of carbonyl (C=O) groups is 3. The molecule has 2 aromatic carbocycles. The number of rotatable bonds is 9. The molecule has 13 nitrogen and oxygen atoms in total. The first-order chi connectivity index (χ1) is 23.8. The van der Waals surface area contributed by atoms with Crippen LogP contribution in [0.4, 0.5) is 0 Å². The van der Waals surface area contributed by atoms with Crippen LogP contribution in [0.15, 0.2) is 85.0 Å². The van der Waals surface area contributed by atoms with E-state index in [1.54, 1.807) is 24.3 Å². The molecule has 0 spiro atoms. The van der Waals surface area contributed by atoms with Gasteiger partial charge < -0.3 is 49.2 Å². The Morgan fingerprint density at radius 2 is 1.42 bits per heavy atom. The summed E-state index contributed by atoms with van der Waals surface area (Å²) in [5.74, 6) is -3.20. The predicted molar refractivity (Wildman–Crippen MR) is 173 cm³/mol. The topological polar surface area (TPSA) is 199 Å². The molecule has 2 heterocycles. The van der Waals surface area contributed by atoms with E-state index in [2.05, 4.69) is 19.7 Å². The van der Waals surface area contributed by atoms with Crippen LogP contribution in [0, 0.1) is 17.8 Å². The summed E-state index contributed by atoms with van der Waals surface area (Å²) in [5, 5.41) is 51.0. The van der Waals surface area contributed by atoms with Crippen molar-refractivity contribution in [3.05, 3.63) is 96.1 Å². The number of esters is 3. The van der Waals surface area contributed by atoms with Crippen LogP contribution in [0.5, 0.6) is 11.5 Å². The molecule has 0 unspecified atom stereocenters. The molecule has 6 rings (SSSR count). The molecule has 0 aromatic heterocycles. The second kappa shape index (κ2) is 14.4. The molecule has 266 valence electrons. The van der Waals surface area contributed by atoms with Gasteiger partial charge in [0, 0.05) is 17.9 Å². The zero-order chi connectivity index (χ0) is 35.9. The summed E-state index contributed by atoms with van der Waals surface area (Å²) in [5.41, 5.74) is 2.61. The number of fused-ring (bicyclic) bond motifs is 3. The summed E-state index contributed by atoms with van der Waals surface area (Å²) in [6.07, 6.45) is -9.63. The van der Waals surface area contributed by atoms with Crippen molar-refractivity contribution in [1.82, 2.24) is 0 Å². The Bertz CT molecular complexity index is 1650. The smallest absolute Gasteiger partial charge is 0.334 e. The van der Waals surface area contributed by atoms with Gasteiger partial charge in [-0.3, -0.25) is 9.59 Å². The average Bonchev–Trinajstić information content (AvgIpc) is 3.52. The first-order valence-electron chi connectivity index (χ1n) is 16.3. The minimum atomic E-state index is -1.69. The Balaban J connectivity index is 1.12. The molecule has 0 bridgehead atoms. The minimum absolute atomic E-state index is 0.0471. The monoisotopic (exact) mass is 692 g/mol. The van der Waals surface area contributed by atoms with Gasteiger partial charge in [-0.15, -0.1) is 0 Å². The van der Waals surface area contributed by atoms with Gasteiger partial charge in [0.25, 0.3) is 0 Å². The highest BCUT2D eigenvalue weighted by Crippen LogP contribution is 2.53. The number of aromatic hydroxyl groups is 2. The SMILES string of the molecule is C=C1C(=O)O[C@@H]2[C@H]3C(=C)[C@@H](O[C@@H]4O[C@H](COC(=O)Cc5ccc(O)cc5)[C@@H](O)[C@H](O)[C@H]4O)C[C@H]3C(=C)C[C@@H](OC(=O)Cc3ccc(O)cc3)[C@@H]12. The van der Waals surface area contributed by atoms with Crippen molar-refractivity contribution < 1.29 is 63.6 Å². The van der Waals surface area contributed by atoms with Gasteiger partial charge in [-0.1, -0.05) is 49.6 Å². The van der Waals surface area contributed by atoms with E-state index in [4.69, 9.17) is 23.7 Å². The van der Waals surface area contributed by atoms with Crippen LogP contribution in [0.25, 0.3) is 0 Å². The zero-order valence-corrected chi connectivity index (χ0v) is 27.1. The third kappa shape index (κ3) is 7.18. The molecular formula is C37H40O13. The Kier molecular flexibility index (Phi) is 10.1. The van der Waals surface area contributed by atoms with Crippen LogP contribution in [0.1, 0.15) is 24.0 Å². The zero-order valence-electron chi connectivity index (χ0n) is 27.1. The van der Waals surface area contributed by atoms with Crippen LogP contribution in [0.2, 0.25) is 0 Å². The van der Waals surface area contributed by atoms with E-state index in [9.17, 15) is 39.9 Å². The second-order valence-electron chi connectivity index (χ2n) is 13.3. The van der Waals surface area contributed by atoms with E-state index in [0.717, 1.165) is 0 Å². The molecule has 2 aliphatic heterocycles. The first-order valence-corrected chi connectivity index (χ1v) is 16.3. The molecule has 2 saturated heterocycles. The van der Waals surface area contributed by atoms with Gasteiger partial charge in [-0.25, -0.2) is 4.79 Å². The molecule has 2 aromatic rings. The third-order valence-corrected chi connectivity index (χ3v) is 9.97.